The summed E-state index contributed by atoms with van der Waals surface area (Å²) in [5.74, 6) is 1.20. The van der Waals surface area contributed by atoms with Crippen LogP contribution in [0.5, 0.6) is 5.75 Å². The Kier molecular flexibility index (Phi) is 5.80. The molecule has 6 heteroatoms. The Balaban J connectivity index is 1.59. The third kappa shape index (κ3) is 4.19. The fraction of sp³-hybridized carbons (Fsp3) is 0.160. The molecule has 4 aromatic rings. The highest BCUT2D eigenvalue weighted by Crippen LogP contribution is 2.28. The van der Waals surface area contributed by atoms with Gasteiger partial charge in [0.25, 0.3) is 0 Å². The first kappa shape index (κ1) is 20.3. The number of benzene rings is 2. The Hall–Kier alpha value is -3.93. The van der Waals surface area contributed by atoms with Crippen LogP contribution in [0.1, 0.15) is 18.3 Å². The molecule has 0 bridgehead atoms. The van der Waals surface area contributed by atoms with Crippen LogP contribution in [-0.4, -0.2) is 27.4 Å². The predicted octanol–water partition coefficient (Wildman–Crippen LogP) is 5.58. The molecule has 0 aliphatic heterocycles. The zero-order chi connectivity index (χ0) is 21.8. The summed E-state index contributed by atoms with van der Waals surface area (Å²) in [6.45, 7) is 6.39. The number of amides is 1. The van der Waals surface area contributed by atoms with Crippen molar-refractivity contribution in [2.24, 2.45) is 0 Å². The van der Waals surface area contributed by atoms with Crippen LogP contribution >= 0.6 is 0 Å². The fourth-order valence-corrected chi connectivity index (χ4v) is 3.61. The second kappa shape index (κ2) is 8.83. The van der Waals surface area contributed by atoms with Crippen molar-refractivity contribution in [2.75, 3.05) is 11.4 Å². The monoisotopic (exact) mass is 412 g/mol. The van der Waals surface area contributed by atoms with Crippen molar-refractivity contribution < 1.29 is 9.53 Å². The summed E-state index contributed by atoms with van der Waals surface area (Å²) >= 11 is 0. The highest BCUT2D eigenvalue weighted by atomic mass is 16.6. The lowest BCUT2D eigenvalue weighted by molar-refractivity contribution is 0.208. The molecule has 2 aromatic carbocycles. The van der Waals surface area contributed by atoms with E-state index in [1.165, 1.54) is 0 Å². The molecule has 0 spiro atoms. The minimum absolute atomic E-state index is 0.444. The molecule has 0 atom stereocenters. The molecular formula is C25H24N4O2. The molecule has 2 aromatic heterocycles. The van der Waals surface area contributed by atoms with E-state index < -0.39 is 6.09 Å². The maximum Gasteiger partial charge on any atom is 0.419 e. The number of aromatic nitrogens is 3. The number of hydrogen-bond acceptors (Lipinski definition) is 4. The number of aryl methyl sites for hydroxylation is 1. The van der Waals surface area contributed by atoms with Crippen molar-refractivity contribution in [3.8, 4) is 22.7 Å². The molecule has 2 heterocycles. The summed E-state index contributed by atoms with van der Waals surface area (Å²) in [7, 11) is 0. The minimum atomic E-state index is -0.444. The molecule has 156 valence electrons. The van der Waals surface area contributed by atoms with Crippen molar-refractivity contribution in [3.63, 3.8) is 0 Å². The zero-order valence-corrected chi connectivity index (χ0v) is 17.8. The van der Waals surface area contributed by atoms with Gasteiger partial charge < -0.3 is 4.74 Å². The molecule has 31 heavy (non-hydrogen) atoms. The summed E-state index contributed by atoms with van der Waals surface area (Å²) in [5.41, 5.74) is 4.85. The molecule has 6 nitrogen and oxygen atoms in total. The lowest BCUT2D eigenvalue weighted by atomic mass is 10.0. The maximum absolute atomic E-state index is 12.6. The number of pyridine rings is 1. The molecule has 1 amide bonds. The Morgan fingerprint density at radius 3 is 2.26 bits per heavy atom. The van der Waals surface area contributed by atoms with Gasteiger partial charge in [-0.3, -0.25) is 4.90 Å². The lowest BCUT2D eigenvalue weighted by Gasteiger charge is -2.20. The van der Waals surface area contributed by atoms with Crippen molar-refractivity contribution in [1.82, 2.24) is 14.8 Å². The van der Waals surface area contributed by atoms with Gasteiger partial charge in [0.05, 0.1) is 23.3 Å². The number of carbonyl (C=O) groups excluding carboxylic acids is 1. The molecule has 0 saturated carbocycles. The van der Waals surface area contributed by atoms with Crippen LogP contribution in [0, 0.1) is 13.8 Å². The van der Waals surface area contributed by atoms with Gasteiger partial charge in [0.2, 0.25) is 0 Å². The van der Waals surface area contributed by atoms with Crippen LogP contribution in [0.4, 0.5) is 10.5 Å². The van der Waals surface area contributed by atoms with Gasteiger partial charge in [-0.05, 0) is 50.6 Å². The second-order valence-electron chi connectivity index (χ2n) is 7.12. The van der Waals surface area contributed by atoms with Gasteiger partial charge in [0.15, 0.2) is 5.82 Å². The van der Waals surface area contributed by atoms with Gasteiger partial charge in [-0.2, -0.15) is 5.10 Å². The molecule has 4 rings (SSSR count). The third-order valence-electron chi connectivity index (χ3n) is 5.10. The van der Waals surface area contributed by atoms with E-state index in [1.807, 2.05) is 74.0 Å². The Morgan fingerprint density at radius 1 is 0.968 bits per heavy atom. The van der Waals surface area contributed by atoms with Gasteiger partial charge in [-0.15, -0.1) is 0 Å². The van der Waals surface area contributed by atoms with Crippen LogP contribution in [0.25, 0.3) is 16.9 Å². The number of ether oxygens (including phenoxy) is 1. The van der Waals surface area contributed by atoms with E-state index in [4.69, 9.17) is 9.84 Å². The fourth-order valence-electron chi connectivity index (χ4n) is 3.61. The number of carbonyl (C=O) groups is 1. The van der Waals surface area contributed by atoms with Gasteiger partial charge in [-0.1, -0.05) is 48.5 Å². The van der Waals surface area contributed by atoms with Crippen LogP contribution in [0.2, 0.25) is 0 Å². The van der Waals surface area contributed by atoms with E-state index in [0.29, 0.717) is 23.8 Å². The van der Waals surface area contributed by atoms with Crippen LogP contribution in [-0.2, 0) is 0 Å². The van der Waals surface area contributed by atoms with Crippen LogP contribution in [0.15, 0.2) is 79.0 Å². The average molecular weight is 412 g/mol. The Labute approximate surface area is 181 Å². The molecule has 0 unspecified atom stereocenters. The summed E-state index contributed by atoms with van der Waals surface area (Å²) in [4.78, 5) is 18.7. The Bertz CT molecular complexity index is 1170. The number of anilines is 1. The van der Waals surface area contributed by atoms with Crippen LogP contribution < -0.4 is 9.64 Å². The molecular weight excluding hydrogens is 388 g/mol. The highest BCUT2D eigenvalue weighted by Gasteiger charge is 2.18. The number of hydrogen-bond donors (Lipinski definition) is 0. The van der Waals surface area contributed by atoms with Crippen molar-refractivity contribution in [1.29, 1.82) is 0 Å². The van der Waals surface area contributed by atoms with Crippen molar-refractivity contribution in [2.45, 2.75) is 20.8 Å². The van der Waals surface area contributed by atoms with Gasteiger partial charge in [0, 0.05) is 12.1 Å². The van der Waals surface area contributed by atoms with Crippen molar-refractivity contribution >= 4 is 11.8 Å². The van der Waals surface area contributed by atoms with Gasteiger partial charge >= 0.3 is 6.09 Å². The SMILES string of the molecule is CCN(C(=O)Oc1ccccc1)c1ccc(-n2nc(C)c(-c3ccccc3)c2C)nc1. The first-order valence-corrected chi connectivity index (χ1v) is 10.2. The lowest BCUT2D eigenvalue weighted by Crippen LogP contribution is -2.33. The number of rotatable bonds is 5. The first-order valence-electron chi connectivity index (χ1n) is 10.2. The van der Waals surface area contributed by atoms with E-state index in [-0.39, 0.29) is 0 Å². The van der Waals surface area contributed by atoms with Crippen molar-refractivity contribution in [3.05, 3.63) is 90.4 Å². The van der Waals surface area contributed by atoms with E-state index in [2.05, 4.69) is 17.1 Å². The van der Waals surface area contributed by atoms with E-state index in [9.17, 15) is 4.79 Å². The summed E-state index contributed by atoms with van der Waals surface area (Å²) in [5, 5.41) is 4.69. The molecule has 0 aliphatic rings. The molecule has 0 radical (unpaired) electrons. The van der Waals surface area contributed by atoms with E-state index >= 15 is 0 Å². The molecule has 0 saturated heterocycles. The molecule has 0 fully saturated rings. The first-order chi connectivity index (χ1) is 15.1. The van der Waals surface area contributed by atoms with E-state index in [0.717, 1.165) is 22.5 Å². The normalized spacial score (nSPS) is 10.7. The highest BCUT2D eigenvalue weighted by molar-refractivity contribution is 5.88. The smallest absolute Gasteiger partial charge is 0.410 e. The molecule has 0 aliphatic carbocycles. The minimum Gasteiger partial charge on any atom is -0.410 e. The largest absolute Gasteiger partial charge is 0.419 e. The zero-order valence-electron chi connectivity index (χ0n) is 17.8. The molecule has 0 N–H and O–H groups in total. The van der Waals surface area contributed by atoms with E-state index in [1.54, 1.807) is 23.2 Å². The standard InChI is InChI=1S/C25H24N4O2/c1-4-28(25(30)31-22-13-9-6-10-14-22)21-15-16-23(26-17-21)29-19(3)24(18(2)27-29)20-11-7-5-8-12-20/h5-17H,4H2,1-3H3. The second-order valence-corrected chi connectivity index (χ2v) is 7.12. The third-order valence-corrected chi connectivity index (χ3v) is 5.10. The van der Waals surface area contributed by atoms with Gasteiger partial charge in [-0.25, -0.2) is 14.5 Å². The topological polar surface area (TPSA) is 60.2 Å². The maximum atomic E-state index is 12.6. The quantitative estimate of drug-likeness (QED) is 0.430. The van der Waals surface area contributed by atoms with Crippen LogP contribution in [0.3, 0.4) is 0 Å². The predicted molar refractivity (Wildman–Crippen MR) is 122 cm³/mol. The summed E-state index contributed by atoms with van der Waals surface area (Å²) in [6, 6.07) is 22.9. The van der Waals surface area contributed by atoms with Gasteiger partial charge in [0.1, 0.15) is 5.75 Å². The number of para-hydroxylation sites is 1. The summed E-state index contributed by atoms with van der Waals surface area (Å²) < 4.78 is 7.30. The summed E-state index contributed by atoms with van der Waals surface area (Å²) in [6.07, 6.45) is 1.23. The average Bonchev–Trinajstić information content (AvgIpc) is 3.10. The number of nitrogens with zero attached hydrogens (tertiary/aromatic N) is 4. The Morgan fingerprint density at radius 2 is 1.65 bits per heavy atom.